The van der Waals surface area contributed by atoms with E-state index in [1.807, 2.05) is 13.8 Å². The first-order chi connectivity index (χ1) is 8.90. The summed E-state index contributed by atoms with van der Waals surface area (Å²) in [6, 6.07) is 3.21. The van der Waals surface area contributed by atoms with Crippen LogP contribution in [0.25, 0.3) is 0 Å². The summed E-state index contributed by atoms with van der Waals surface area (Å²) in [5.41, 5.74) is 8.20. The van der Waals surface area contributed by atoms with E-state index in [0.29, 0.717) is 18.2 Å². The number of aryl methyl sites for hydroxylation is 1. The SMILES string of the molecule is Cc1cc(S(=O)(=O)NCCC2CCC2)cc(N)c1C. The fraction of sp³-hybridized carbons (Fsp3) is 0.571. The summed E-state index contributed by atoms with van der Waals surface area (Å²) in [6.45, 7) is 4.28. The highest BCUT2D eigenvalue weighted by atomic mass is 32.2. The molecule has 0 saturated heterocycles. The van der Waals surface area contributed by atoms with Gasteiger partial charge in [0.25, 0.3) is 0 Å². The van der Waals surface area contributed by atoms with Gasteiger partial charge >= 0.3 is 0 Å². The molecular formula is C14H22N2O2S. The zero-order chi connectivity index (χ0) is 14.0. The van der Waals surface area contributed by atoms with Gasteiger partial charge in [0.2, 0.25) is 10.0 Å². The molecule has 1 aromatic carbocycles. The zero-order valence-electron chi connectivity index (χ0n) is 11.6. The minimum Gasteiger partial charge on any atom is -0.398 e. The van der Waals surface area contributed by atoms with Crippen molar-refractivity contribution in [2.45, 2.75) is 44.4 Å². The Bertz CT molecular complexity index is 540. The minimum absolute atomic E-state index is 0.265. The lowest BCUT2D eigenvalue weighted by atomic mass is 9.83. The molecule has 106 valence electrons. The van der Waals surface area contributed by atoms with Crippen LogP contribution in [0.4, 0.5) is 5.69 Å². The molecule has 0 aliphatic heterocycles. The normalized spacial score (nSPS) is 16.3. The number of rotatable bonds is 5. The molecule has 0 amide bonds. The molecule has 0 atom stereocenters. The zero-order valence-corrected chi connectivity index (χ0v) is 12.4. The van der Waals surface area contributed by atoms with E-state index in [2.05, 4.69) is 4.72 Å². The van der Waals surface area contributed by atoms with Crippen molar-refractivity contribution in [3.8, 4) is 0 Å². The molecule has 0 spiro atoms. The van der Waals surface area contributed by atoms with Gasteiger partial charge in [0.05, 0.1) is 4.90 Å². The van der Waals surface area contributed by atoms with E-state index in [1.54, 1.807) is 6.07 Å². The smallest absolute Gasteiger partial charge is 0.240 e. The number of nitrogens with two attached hydrogens (primary N) is 1. The Labute approximate surface area is 115 Å². The lowest BCUT2D eigenvalue weighted by Gasteiger charge is -2.25. The molecule has 0 radical (unpaired) electrons. The van der Waals surface area contributed by atoms with Gasteiger partial charge in [-0.15, -0.1) is 0 Å². The number of nitrogens with one attached hydrogen (secondary N) is 1. The van der Waals surface area contributed by atoms with Crippen molar-refractivity contribution in [2.75, 3.05) is 12.3 Å². The minimum atomic E-state index is -3.43. The largest absolute Gasteiger partial charge is 0.398 e. The summed E-state index contributed by atoms with van der Waals surface area (Å²) in [4.78, 5) is 0.265. The Balaban J connectivity index is 2.05. The monoisotopic (exact) mass is 282 g/mol. The van der Waals surface area contributed by atoms with E-state index < -0.39 is 10.0 Å². The van der Waals surface area contributed by atoms with Crippen molar-refractivity contribution in [3.05, 3.63) is 23.3 Å². The summed E-state index contributed by atoms with van der Waals surface area (Å²) in [5.74, 6) is 0.701. The molecule has 19 heavy (non-hydrogen) atoms. The van der Waals surface area contributed by atoms with Crippen LogP contribution in [0.15, 0.2) is 17.0 Å². The van der Waals surface area contributed by atoms with E-state index >= 15 is 0 Å². The van der Waals surface area contributed by atoms with Gasteiger partial charge in [-0.3, -0.25) is 0 Å². The van der Waals surface area contributed by atoms with E-state index in [1.165, 1.54) is 25.3 Å². The fourth-order valence-corrected chi connectivity index (χ4v) is 3.44. The van der Waals surface area contributed by atoms with Crippen LogP contribution in [-0.2, 0) is 10.0 Å². The lowest BCUT2D eigenvalue weighted by Crippen LogP contribution is -2.27. The van der Waals surface area contributed by atoms with Crippen LogP contribution in [0.2, 0.25) is 0 Å². The number of nitrogen functional groups attached to an aromatic ring is 1. The fourth-order valence-electron chi connectivity index (χ4n) is 2.27. The lowest BCUT2D eigenvalue weighted by molar-refractivity contribution is 0.297. The number of anilines is 1. The van der Waals surface area contributed by atoms with Gasteiger partial charge < -0.3 is 5.73 Å². The van der Waals surface area contributed by atoms with Crippen molar-refractivity contribution < 1.29 is 8.42 Å². The average Bonchev–Trinajstić information content (AvgIpc) is 2.28. The van der Waals surface area contributed by atoms with Gasteiger partial charge in [0.1, 0.15) is 0 Å². The Morgan fingerprint density at radius 2 is 2.00 bits per heavy atom. The van der Waals surface area contributed by atoms with Crippen molar-refractivity contribution in [3.63, 3.8) is 0 Å². The number of sulfonamides is 1. The molecular weight excluding hydrogens is 260 g/mol. The third kappa shape index (κ3) is 3.28. The molecule has 0 heterocycles. The maximum absolute atomic E-state index is 12.2. The summed E-state index contributed by atoms with van der Waals surface area (Å²) in [6.07, 6.45) is 4.68. The van der Waals surface area contributed by atoms with Gasteiger partial charge in [0, 0.05) is 12.2 Å². The van der Waals surface area contributed by atoms with Crippen LogP contribution in [0.5, 0.6) is 0 Å². The Kier molecular flexibility index (Phi) is 4.16. The highest BCUT2D eigenvalue weighted by Gasteiger charge is 2.19. The summed E-state index contributed by atoms with van der Waals surface area (Å²) < 4.78 is 27.0. The maximum atomic E-state index is 12.2. The topological polar surface area (TPSA) is 72.2 Å². The predicted octanol–water partition coefficient (Wildman–Crippen LogP) is 2.35. The second-order valence-electron chi connectivity index (χ2n) is 5.44. The number of benzene rings is 1. The first kappa shape index (κ1) is 14.3. The second kappa shape index (κ2) is 5.51. The van der Waals surface area contributed by atoms with Crippen LogP contribution >= 0.6 is 0 Å². The third-order valence-corrected chi connectivity index (χ3v) is 5.50. The summed E-state index contributed by atoms with van der Waals surface area (Å²) in [5, 5.41) is 0. The highest BCUT2D eigenvalue weighted by molar-refractivity contribution is 7.89. The molecule has 3 N–H and O–H groups in total. The van der Waals surface area contributed by atoms with Crippen molar-refractivity contribution >= 4 is 15.7 Å². The molecule has 0 unspecified atom stereocenters. The van der Waals surface area contributed by atoms with Crippen LogP contribution in [-0.4, -0.2) is 15.0 Å². The third-order valence-electron chi connectivity index (χ3n) is 4.06. The number of hydrogen-bond donors (Lipinski definition) is 2. The number of hydrogen-bond acceptors (Lipinski definition) is 3. The van der Waals surface area contributed by atoms with Gasteiger partial charge in [-0.1, -0.05) is 19.3 Å². The molecule has 0 aromatic heterocycles. The molecule has 1 aliphatic carbocycles. The molecule has 1 fully saturated rings. The first-order valence-electron chi connectivity index (χ1n) is 6.76. The van der Waals surface area contributed by atoms with Crippen LogP contribution in [0.3, 0.4) is 0 Å². The Hall–Kier alpha value is -1.07. The van der Waals surface area contributed by atoms with E-state index in [9.17, 15) is 8.42 Å². The molecule has 5 heteroatoms. The molecule has 0 bridgehead atoms. The van der Waals surface area contributed by atoms with E-state index in [4.69, 9.17) is 5.73 Å². The van der Waals surface area contributed by atoms with Crippen molar-refractivity contribution in [2.24, 2.45) is 5.92 Å². The molecule has 4 nitrogen and oxygen atoms in total. The molecule has 1 saturated carbocycles. The molecule has 1 aliphatic rings. The molecule has 2 rings (SSSR count). The summed E-state index contributed by atoms with van der Waals surface area (Å²) in [7, 11) is -3.43. The van der Waals surface area contributed by atoms with Crippen LogP contribution < -0.4 is 10.5 Å². The standard InChI is InChI=1S/C14H22N2O2S/c1-10-8-13(9-14(15)11(10)2)19(17,18)16-7-6-12-4-3-5-12/h8-9,12,16H,3-7,15H2,1-2H3. The molecule has 1 aromatic rings. The van der Waals surface area contributed by atoms with Gasteiger partial charge in [-0.25, -0.2) is 13.1 Å². The average molecular weight is 282 g/mol. The van der Waals surface area contributed by atoms with E-state index in [-0.39, 0.29) is 4.90 Å². The first-order valence-corrected chi connectivity index (χ1v) is 8.25. The quantitative estimate of drug-likeness (QED) is 0.814. The Morgan fingerprint density at radius 1 is 1.32 bits per heavy atom. The predicted molar refractivity (Wildman–Crippen MR) is 77.5 cm³/mol. The second-order valence-corrected chi connectivity index (χ2v) is 7.20. The highest BCUT2D eigenvalue weighted by Crippen LogP contribution is 2.29. The Morgan fingerprint density at radius 3 is 2.53 bits per heavy atom. The van der Waals surface area contributed by atoms with Crippen molar-refractivity contribution in [1.82, 2.24) is 4.72 Å². The van der Waals surface area contributed by atoms with Crippen LogP contribution in [0.1, 0.15) is 36.8 Å². The van der Waals surface area contributed by atoms with Gasteiger partial charge in [0.15, 0.2) is 0 Å². The van der Waals surface area contributed by atoms with E-state index in [0.717, 1.165) is 17.5 Å². The summed E-state index contributed by atoms with van der Waals surface area (Å²) >= 11 is 0. The maximum Gasteiger partial charge on any atom is 0.240 e. The van der Waals surface area contributed by atoms with Crippen molar-refractivity contribution in [1.29, 1.82) is 0 Å². The van der Waals surface area contributed by atoms with Gasteiger partial charge in [-0.2, -0.15) is 0 Å². The van der Waals surface area contributed by atoms with Crippen LogP contribution in [0, 0.1) is 19.8 Å². The van der Waals surface area contributed by atoms with Gasteiger partial charge in [-0.05, 0) is 49.4 Å².